The van der Waals surface area contributed by atoms with E-state index in [1.807, 2.05) is 59.2 Å². The normalized spacial score (nSPS) is 19.3. The molecule has 2 aromatic carbocycles. The van der Waals surface area contributed by atoms with E-state index < -0.39 is 5.92 Å². The van der Waals surface area contributed by atoms with Crippen molar-refractivity contribution in [2.24, 2.45) is 5.92 Å². The van der Waals surface area contributed by atoms with Gasteiger partial charge in [-0.25, -0.2) is 9.48 Å². The number of amides is 2. The first-order valence-electron chi connectivity index (χ1n) is 16.6. The molecule has 0 bridgehead atoms. The molecule has 0 unspecified atom stereocenters. The molecule has 2 amide bonds. The first-order chi connectivity index (χ1) is 22.3. The van der Waals surface area contributed by atoms with Gasteiger partial charge in [0.05, 0.1) is 22.7 Å². The molecule has 3 aliphatic heterocycles. The van der Waals surface area contributed by atoms with E-state index >= 15 is 0 Å². The number of hydrogen-bond donors (Lipinski definition) is 3. The first-order valence-corrected chi connectivity index (χ1v) is 16.9. The number of aryl methyl sites for hydroxylation is 1. The van der Waals surface area contributed by atoms with Crippen LogP contribution in [0.15, 0.2) is 47.3 Å². The van der Waals surface area contributed by atoms with Crippen LogP contribution in [0.2, 0.25) is 5.02 Å². The average Bonchev–Trinajstić information content (AvgIpc) is 3.48. The van der Waals surface area contributed by atoms with Gasteiger partial charge in [0.25, 0.3) is 0 Å². The third-order valence-electron chi connectivity index (χ3n) is 9.94. The predicted octanol–water partition coefficient (Wildman–Crippen LogP) is 3.09. The van der Waals surface area contributed by atoms with Gasteiger partial charge in [0.1, 0.15) is 0 Å². The maximum absolute atomic E-state index is 14.1. The zero-order valence-electron chi connectivity index (χ0n) is 26.6. The lowest BCUT2D eigenvalue weighted by molar-refractivity contribution is -0.143. The number of carbonyl (C=O) groups excluding carboxylic acids is 2. The number of H-pyrrole nitrogens is 1. The molecule has 1 atom stereocenters. The van der Waals surface area contributed by atoms with Gasteiger partial charge in [-0.3, -0.25) is 19.5 Å². The number of aromatic amines is 1. The third-order valence-corrected chi connectivity index (χ3v) is 10.3. The standard InChI is InChI=1S/C34H45ClN8O3/c1-23-19-24(21-29(35)31(23)36)20-26(33(45)42-15-7-27(8-16-42)40-17-11-37-12-18-40)22-30(44)41-13-9-28(10-14-41)43-34(46)38-32(39-43)25-5-3-2-4-6-25/h2-6,19,21,26-28,37H,7-18,20,22,36H2,1H3,(H,38,39,46)/t26-/m0/s1. The van der Waals surface area contributed by atoms with E-state index in [1.54, 1.807) is 0 Å². The van der Waals surface area contributed by atoms with Gasteiger partial charge in [0, 0.05) is 70.4 Å². The minimum atomic E-state index is -0.498. The number of piperazine rings is 1. The number of nitrogens with one attached hydrogen (secondary N) is 2. The second-order valence-electron chi connectivity index (χ2n) is 13.0. The van der Waals surface area contributed by atoms with Crippen molar-refractivity contribution in [1.29, 1.82) is 0 Å². The highest BCUT2D eigenvalue weighted by atomic mass is 35.5. The number of aromatic nitrogens is 3. The minimum Gasteiger partial charge on any atom is -0.397 e. The van der Waals surface area contributed by atoms with Crippen molar-refractivity contribution in [2.45, 2.75) is 57.5 Å². The third kappa shape index (κ3) is 7.32. The summed E-state index contributed by atoms with van der Waals surface area (Å²) in [5.74, 6) is 0.0390. The van der Waals surface area contributed by atoms with Gasteiger partial charge in [0.15, 0.2) is 5.82 Å². The Morgan fingerprint density at radius 1 is 0.957 bits per heavy atom. The molecule has 46 heavy (non-hydrogen) atoms. The summed E-state index contributed by atoms with van der Waals surface area (Å²) in [5.41, 5.74) is 9.02. The van der Waals surface area contributed by atoms with Gasteiger partial charge in [0.2, 0.25) is 11.8 Å². The molecule has 0 saturated carbocycles. The molecule has 4 heterocycles. The molecule has 3 saturated heterocycles. The summed E-state index contributed by atoms with van der Waals surface area (Å²) in [6.07, 6.45) is 3.69. The van der Waals surface area contributed by atoms with Crippen LogP contribution < -0.4 is 16.7 Å². The number of nitrogens with two attached hydrogens (primary N) is 1. The van der Waals surface area contributed by atoms with Crippen LogP contribution in [-0.4, -0.2) is 99.7 Å². The van der Waals surface area contributed by atoms with Crippen molar-refractivity contribution < 1.29 is 9.59 Å². The molecule has 3 aliphatic rings. The molecular formula is C34H45ClN8O3. The maximum atomic E-state index is 14.1. The number of carbonyl (C=O) groups is 2. The van der Waals surface area contributed by atoms with E-state index in [9.17, 15) is 14.4 Å². The van der Waals surface area contributed by atoms with Crippen LogP contribution in [0, 0.1) is 12.8 Å². The molecular weight excluding hydrogens is 604 g/mol. The van der Waals surface area contributed by atoms with Crippen molar-refractivity contribution in [3.05, 3.63) is 69.1 Å². The highest BCUT2D eigenvalue weighted by Gasteiger charge is 2.34. The largest absolute Gasteiger partial charge is 0.397 e. The van der Waals surface area contributed by atoms with Gasteiger partial charge in [-0.1, -0.05) is 48.0 Å². The Balaban J connectivity index is 1.11. The number of nitrogens with zero attached hydrogens (tertiary/aromatic N) is 5. The number of nitrogen functional groups attached to an aromatic ring is 1. The Morgan fingerprint density at radius 3 is 2.28 bits per heavy atom. The highest BCUT2D eigenvalue weighted by Crippen LogP contribution is 2.29. The second kappa shape index (κ2) is 14.4. The van der Waals surface area contributed by atoms with Crippen molar-refractivity contribution in [1.82, 2.24) is 34.8 Å². The Labute approximate surface area is 275 Å². The van der Waals surface area contributed by atoms with Crippen LogP contribution in [0.25, 0.3) is 11.4 Å². The summed E-state index contributed by atoms with van der Waals surface area (Å²) >= 11 is 6.42. The Hall–Kier alpha value is -3.67. The van der Waals surface area contributed by atoms with Crippen LogP contribution in [0.3, 0.4) is 0 Å². The fraction of sp³-hybridized carbons (Fsp3) is 0.529. The summed E-state index contributed by atoms with van der Waals surface area (Å²) in [5, 5.41) is 8.45. The summed E-state index contributed by atoms with van der Waals surface area (Å²) in [6, 6.07) is 13.8. The number of benzene rings is 2. The summed E-state index contributed by atoms with van der Waals surface area (Å²) < 4.78 is 1.52. The summed E-state index contributed by atoms with van der Waals surface area (Å²) in [6.45, 7) is 8.45. The lowest BCUT2D eigenvalue weighted by atomic mass is 9.91. The Bertz CT molecular complexity index is 1550. The lowest BCUT2D eigenvalue weighted by Gasteiger charge is -2.41. The maximum Gasteiger partial charge on any atom is 0.343 e. The number of hydrogen-bond acceptors (Lipinski definition) is 7. The van der Waals surface area contributed by atoms with E-state index in [0.29, 0.717) is 68.0 Å². The second-order valence-corrected chi connectivity index (χ2v) is 13.4. The van der Waals surface area contributed by atoms with Crippen molar-refractivity contribution >= 4 is 29.1 Å². The minimum absolute atomic E-state index is 0.0316. The van der Waals surface area contributed by atoms with Crippen molar-refractivity contribution in [2.75, 3.05) is 58.1 Å². The van der Waals surface area contributed by atoms with Crippen LogP contribution in [0.4, 0.5) is 5.69 Å². The SMILES string of the molecule is Cc1cc(C[C@@H](CC(=O)N2CCC(n3nc(-c4ccccc4)[nH]c3=O)CC2)C(=O)N2CCC(N3CCNCC3)CC2)cc(Cl)c1N. The van der Waals surface area contributed by atoms with Crippen LogP contribution in [0.1, 0.15) is 49.3 Å². The molecule has 6 rings (SSSR count). The van der Waals surface area contributed by atoms with Gasteiger partial charge in [-0.15, -0.1) is 5.10 Å². The topological polar surface area (TPSA) is 133 Å². The molecule has 11 nitrogen and oxygen atoms in total. The number of halogens is 1. The van der Waals surface area contributed by atoms with Crippen LogP contribution in [0.5, 0.6) is 0 Å². The van der Waals surface area contributed by atoms with Gasteiger partial charge in [-0.2, -0.15) is 0 Å². The molecule has 1 aromatic heterocycles. The average molecular weight is 649 g/mol. The van der Waals surface area contributed by atoms with Gasteiger partial charge in [-0.05, 0) is 56.2 Å². The van der Waals surface area contributed by atoms with Gasteiger partial charge < -0.3 is 20.9 Å². The Morgan fingerprint density at radius 2 is 1.61 bits per heavy atom. The number of rotatable bonds is 8. The zero-order chi connectivity index (χ0) is 32.2. The van der Waals surface area contributed by atoms with E-state index in [4.69, 9.17) is 17.3 Å². The van der Waals surface area contributed by atoms with E-state index in [1.165, 1.54) is 4.68 Å². The lowest BCUT2D eigenvalue weighted by Crippen LogP contribution is -2.53. The molecule has 246 valence electrons. The summed E-state index contributed by atoms with van der Waals surface area (Å²) in [7, 11) is 0. The first kappa shape index (κ1) is 32.3. The van der Waals surface area contributed by atoms with Gasteiger partial charge >= 0.3 is 5.69 Å². The quantitative estimate of drug-likeness (QED) is 0.320. The molecule has 0 aliphatic carbocycles. The fourth-order valence-electron chi connectivity index (χ4n) is 7.24. The van der Waals surface area contributed by atoms with Crippen molar-refractivity contribution in [3.63, 3.8) is 0 Å². The summed E-state index contributed by atoms with van der Waals surface area (Å²) in [4.78, 5) is 49.8. The Kier molecular flexibility index (Phi) is 10.1. The highest BCUT2D eigenvalue weighted by molar-refractivity contribution is 6.33. The van der Waals surface area contributed by atoms with Crippen molar-refractivity contribution in [3.8, 4) is 11.4 Å². The van der Waals surface area contributed by atoms with Crippen LogP contribution in [-0.2, 0) is 16.0 Å². The number of piperidine rings is 2. The smallest absolute Gasteiger partial charge is 0.343 e. The molecule has 0 radical (unpaired) electrons. The van der Waals surface area contributed by atoms with E-state index in [0.717, 1.165) is 55.7 Å². The molecule has 12 heteroatoms. The van der Waals surface area contributed by atoms with Crippen LogP contribution >= 0.6 is 11.6 Å². The molecule has 3 aromatic rings. The zero-order valence-corrected chi connectivity index (χ0v) is 27.3. The molecule has 4 N–H and O–H groups in total. The molecule has 3 fully saturated rings. The predicted molar refractivity (Wildman–Crippen MR) is 180 cm³/mol. The fourth-order valence-corrected chi connectivity index (χ4v) is 7.53. The van der Waals surface area contributed by atoms with E-state index in [2.05, 4.69) is 20.3 Å². The number of likely N-dealkylation sites (tertiary alicyclic amines) is 2. The monoisotopic (exact) mass is 648 g/mol. The molecule has 0 spiro atoms. The van der Waals surface area contributed by atoms with E-state index in [-0.39, 0.29) is 30.0 Å². The number of anilines is 1.